The van der Waals surface area contributed by atoms with Crippen LogP contribution >= 0.6 is 0 Å². The van der Waals surface area contributed by atoms with Gasteiger partial charge in [-0.05, 0) is 37.6 Å². The highest BCUT2D eigenvalue weighted by molar-refractivity contribution is 6.08. The number of nitrogens with zero attached hydrogens (tertiary/aromatic N) is 1. The predicted octanol–water partition coefficient (Wildman–Crippen LogP) is 3.34. The summed E-state index contributed by atoms with van der Waals surface area (Å²) in [7, 11) is 2.99. The minimum Gasteiger partial charge on any atom is -0.493 e. The second-order valence-electron chi connectivity index (χ2n) is 6.06. The number of nitrogens with one attached hydrogen (secondary N) is 1. The zero-order chi connectivity index (χ0) is 18.6. The van der Waals surface area contributed by atoms with Crippen molar-refractivity contribution in [2.75, 3.05) is 25.3 Å². The molecule has 0 bridgehead atoms. The quantitative estimate of drug-likeness (QED) is 0.814. The topological polar surface area (TPSA) is 97.4 Å². The Bertz CT molecular complexity index is 821. The number of benzene rings is 2. The number of hydrogen-bond acceptors (Lipinski definition) is 5. The molecule has 0 atom stereocenters. The number of amides is 1. The van der Waals surface area contributed by atoms with Gasteiger partial charge in [-0.25, -0.2) is 0 Å². The fourth-order valence-electron chi connectivity index (χ4n) is 2.32. The summed E-state index contributed by atoms with van der Waals surface area (Å²) in [5, 5.41) is 12.0. The Morgan fingerprint density at radius 3 is 2.20 bits per heavy atom. The van der Waals surface area contributed by atoms with E-state index in [1.54, 1.807) is 18.2 Å². The number of nitriles is 1. The van der Waals surface area contributed by atoms with E-state index in [2.05, 4.69) is 11.4 Å². The number of anilines is 2. The summed E-state index contributed by atoms with van der Waals surface area (Å²) >= 11 is 0. The van der Waals surface area contributed by atoms with Crippen molar-refractivity contribution >= 4 is 17.3 Å². The van der Waals surface area contributed by atoms with Gasteiger partial charge >= 0.3 is 0 Å². The normalized spacial score (nSPS) is 10.7. The number of rotatable bonds is 5. The predicted molar refractivity (Wildman–Crippen MR) is 97.0 cm³/mol. The van der Waals surface area contributed by atoms with E-state index in [4.69, 9.17) is 15.2 Å². The maximum absolute atomic E-state index is 12.5. The van der Waals surface area contributed by atoms with E-state index < -0.39 is 5.41 Å². The molecular formula is C19H21N3O3. The maximum atomic E-state index is 12.5. The van der Waals surface area contributed by atoms with Gasteiger partial charge in [0.2, 0.25) is 0 Å². The van der Waals surface area contributed by atoms with Crippen LogP contribution in [0.1, 0.15) is 29.8 Å². The van der Waals surface area contributed by atoms with Gasteiger partial charge in [0, 0.05) is 17.4 Å². The van der Waals surface area contributed by atoms with E-state index in [1.165, 1.54) is 20.3 Å². The summed E-state index contributed by atoms with van der Waals surface area (Å²) in [6.07, 6.45) is 0. The summed E-state index contributed by atoms with van der Waals surface area (Å²) in [6, 6.07) is 12.5. The molecule has 0 spiro atoms. The molecule has 0 aliphatic heterocycles. The standard InChI is InChI=1S/C19H21N3O3/c1-19(2,11-20)12-5-7-13(8-6-12)22-18(23)14-9-16(24-3)17(25-4)10-15(14)21/h5-10H,21H2,1-4H3,(H,22,23). The number of carbonyl (C=O) groups excluding carboxylic acids is 1. The van der Waals surface area contributed by atoms with Crippen LogP contribution in [0.4, 0.5) is 11.4 Å². The second kappa shape index (κ2) is 7.14. The Balaban J connectivity index is 2.24. The lowest BCUT2D eigenvalue weighted by molar-refractivity contribution is 0.102. The highest BCUT2D eigenvalue weighted by Gasteiger charge is 2.20. The Labute approximate surface area is 147 Å². The average molecular weight is 339 g/mol. The van der Waals surface area contributed by atoms with E-state index >= 15 is 0 Å². The number of nitrogen functional groups attached to an aromatic ring is 1. The Morgan fingerprint density at radius 2 is 1.68 bits per heavy atom. The van der Waals surface area contributed by atoms with Crippen molar-refractivity contribution in [3.05, 3.63) is 47.5 Å². The lowest BCUT2D eigenvalue weighted by Gasteiger charge is -2.16. The molecule has 3 N–H and O–H groups in total. The van der Waals surface area contributed by atoms with E-state index in [-0.39, 0.29) is 11.6 Å². The lowest BCUT2D eigenvalue weighted by atomic mass is 9.86. The first-order valence-electron chi connectivity index (χ1n) is 7.67. The SMILES string of the molecule is COc1cc(N)c(C(=O)Nc2ccc(C(C)(C)C#N)cc2)cc1OC. The molecule has 0 radical (unpaired) electrons. The van der Waals surface area contributed by atoms with Gasteiger partial charge in [0.05, 0.1) is 31.3 Å². The van der Waals surface area contributed by atoms with E-state index in [9.17, 15) is 10.1 Å². The monoisotopic (exact) mass is 339 g/mol. The lowest BCUT2D eigenvalue weighted by Crippen LogP contribution is -2.16. The first-order valence-corrected chi connectivity index (χ1v) is 7.67. The number of ether oxygens (including phenoxy) is 2. The molecule has 2 aromatic rings. The van der Waals surface area contributed by atoms with Crippen LogP contribution in [0.2, 0.25) is 0 Å². The molecule has 25 heavy (non-hydrogen) atoms. The van der Waals surface area contributed by atoms with Crippen molar-refractivity contribution in [1.82, 2.24) is 0 Å². The van der Waals surface area contributed by atoms with E-state index in [1.807, 2.05) is 26.0 Å². The highest BCUT2D eigenvalue weighted by Crippen LogP contribution is 2.32. The molecule has 0 unspecified atom stereocenters. The summed E-state index contributed by atoms with van der Waals surface area (Å²) in [5.41, 5.74) is 7.42. The molecule has 130 valence electrons. The third kappa shape index (κ3) is 3.83. The van der Waals surface area contributed by atoms with Crippen LogP contribution in [0.15, 0.2) is 36.4 Å². The maximum Gasteiger partial charge on any atom is 0.257 e. The van der Waals surface area contributed by atoms with Crippen LogP contribution in [-0.4, -0.2) is 20.1 Å². The van der Waals surface area contributed by atoms with Gasteiger partial charge in [-0.2, -0.15) is 5.26 Å². The summed E-state index contributed by atoms with van der Waals surface area (Å²) < 4.78 is 10.4. The zero-order valence-electron chi connectivity index (χ0n) is 14.7. The third-order valence-electron chi connectivity index (χ3n) is 3.94. The van der Waals surface area contributed by atoms with Gasteiger partial charge in [0.25, 0.3) is 5.91 Å². The Hall–Kier alpha value is -3.20. The third-order valence-corrected chi connectivity index (χ3v) is 3.94. The van der Waals surface area contributed by atoms with Gasteiger partial charge < -0.3 is 20.5 Å². The van der Waals surface area contributed by atoms with Gasteiger partial charge in [-0.15, -0.1) is 0 Å². The van der Waals surface area contributed by atoms with Crippen molar-refractivity contribution in [1.29, 1.82) is 5.26 Å². The van der Waals surface area contributed by atoms with Crippen molar-refractivity contribution < 1.29 is 14.3 Å². The van der Waals surface area contributed by atoms with Crippen molar-refractivity contribution in [2.45, 2.75) is 19.3 Å². The van der Waals surface area contributed by atoms with Crippen LogP contribution in [0, 0.1) is 11.3 Å². The largest absolute Gasteiger partial charge is 0.493 e. The molecule has 2 aromatic carbocycles. The summed E-state index contributed by atoms with van der Waals surface area (Å²) in [4.78, 5) is 12.5. The highest BCUT2D eigenvalue weighted by atomic mass is 16.5. The summed E-state index contributed by atoms with van der Waals surface area (Å²) in [5.74, 6) is 0.526. The van der Waals surface area contributed by atoms with Crippen LogP contribution in [0.3, 0.4) is 0 Å². The molecule has 1 amide bonds. The minimum atomic E-state index is -0.587. The molecule has 0 saturated carbocycles. The van der Waals surface area contributed by atoms with Gasteiger partial charge in [-0.1, -0.05) is 12.1 Å². The summed E-state index contributed by atoms with van der Waals surface area (Å²) in [6.45, 7) is 3.68. The molecule has 0 aliphatic rings. The molecule has 0 saturated heterocycles. The number of nitrogens with two attached hydrogens (primary N) is 1. The molecule has 0 heterocycles. The van der Waals surface area contributed by atoms with E-state index in [0.717, 1.165) is 5.56 Å². The fourth-order valence-corrected chi connectivity index (χ4v) is 2.32. The molecule has 6 heteroatoms. The molecule has 0 aromatic heterocycles. The number of methoxy groups -OCH3 is 2. The van der Waals surface area contributed by atoms with Gasteiger partial charge in [0.15, 0.2) is 11.5 Å². The molecule has 0 aliphatic carbocycles. The Kier molecular flexibility index (Phi) is 5.18. The first-order chi connectivity index (χ1) is 11.8. The zero-order valence-corrected chi connectivity index (χ0v) is 14.7. The average Bonchev–Trinajstić information content (AvgIpc) is 2.61. The van der Waals surface area contributed by atoms with Crippen LogP contribution in [0.5, 0.6) is 11.5 Å². The fraction of sp³-hybridized carbons (Fsp3) is 0.263. The first kappa shape index (κ1) is 18.1. The molecule has 2 rings (SSSR count). The number of hydrogen-bond donors (Lipinski definition) is 2. The van der Waals surface area contributed by atoms with Crippen molar-refractivity contribution in [3.8, 4) is 17.6 Å². The molecule has 0 fully saturated rings. The van der Waals surface area contributed by atoms with Crippen LogP contribution in [0.25, 0.3) is 0 Å². The second-order valence-corrected chi connectivity index (χ2v) is 6.06. The molecule has 6 nitrogen and oxygen atoms in total. The Morgan fingerprint density at radius 1 is 1.12 bits per heavy atom. The minimum absolute atomic E-state index is 0.289. The number of carbonyl (C=O) groups is 1. The van der Waals surface area contributed by atoms with Crippen molar-refractivity contribution in [2.24, 2.45) is 0 Å². The molecular weight excluding hydrogens is 318 g/mol. The van der Waals surface area contributed by atoms with Crippen LogP contribution < -0.4 is 20.5 Å². The smallest absolute Gasteiger partial charge is 0.257 e. The van der Waals surface area contributed by atoms with Crippen LogP contribution in [-0.2, 0) is 5.41 Å². The van der Waals surface area contributed by atoms with Gasteiger partial charge in [0.1, 0.15) is 0 Å². The van der Waals surface area contributed by atoms with Gasteiger partial charge in [-0.3, -0.25) is 4.79 Å². The van der Waals surface area contributed by atoms with Crippen molar-refractivity contribution in [3.63, 3.8) is 0 Å². The van der Waals surface area contributed by atoms with E-state index in [0.29, 0.717) is 22.7 Å².